The Morgan fingerprint density at radius 3 is 2.66 bits per heavy atom. The molecule has 0 amide bonds. The molecule has 5 heteroatoms. The van der Waals surface area contributed by atoms with E-state index in [-0.39, 0.29) is 11.3 Å². The summed E-state index contributed by atoms with van der Waals surface area (Å²) >= 11 is 0. The molecule has 2 aromatic carbocycles. The third-order valence-electron chi connectivity index (χ3n) is 6.54. The summed E-state index contributed by atoms with van der Waals surface area (Å²) in [7, 11) is 1.60. The van der Waals surface area contributed by atoms with Crippen LogP contribution in [0.5, 0.6) is 11.5 Å². The fourth-order valence-electron chi connectivity index (χ4n) is 4.52. The lowest BCUT2D eigenvalue weighted by molar-refractivity contribution is 0.109. The Labute approximate surface area is 174 Å². The molecule has 1 fully saturated rings. The Balaban J connectivity index is 1.45. The van der Waals surface area contributed by atoms with Crippen molar-refractivity contribution in [3.63, 3.8) is 0 Å². The molecule has 2 N–H and O–H groups in total. The molecular weight excluding hydrogens is 362 g/mol. The highest BCUT2D eigenvalue weighted by molar-refractivity contribution is 5.58. The molecule has 2 heterocycles. The van der Waals surface area contributed by atoms with Gasteiger partial charge in [-0.3, -0.25) is 4.90 Å². The monoisotopic (exact) mass is 395 g/mol. The van der Waals surface area contributed by atoms with Crippen molar-refractivity contribution < 1.29 is 9.84 Å². The molecule has 5 nitrogen and oxygen atoms in total. The fraction of sp³-hybridized carbons (Fsp3) is 0.500. The largest absolute Gasteiger partial charge is 0.504 e. The van der Waals surface area contributed by atoms with Gasteiger partial charge in [0.2, 0.25) is 0 Å². The molecule has 0 atom stereocenters. The Bertz CT molecular complexity index is 859. The minimum absolute atomic E-state index is 0.0882. The average Bonchev–Trinajstić information content (AvgIpc) is 3.19. The number of aromatic hydroxyl groups is 1. The summed E-state index contributed by atoms with van der Waals surface area (Å²) in [5, 5.41) is 13.3. The van der Waals surface area contributed by atoms with Crippen LogP contribution in [0.4, 0.5) is 5.69 Å². The molecule has 29 heavy (non-hydrogen) atoms. The molecule has 0 aliphatic carbocycles. The number of phenolic OH excluding ortho intramolecular Hbond substituents is 1. The molecule has 0 unspecified atom stereocenters. The Morgan fingerprint density at radius 2 is 1.90 bits per heavy atom. The topological polar surface area (TPSA) is 48.0 Å². The molecular formula is C24H33N3O2. The minimum Gasteiger partial charge on any atom is -0.504 e. The van der Waals surface area contributed by atoms with E-state index >= 15 is 0 Å². The van der Waals surface area contributed by atoms with Gasteiger partial charge in [-0.2, -0.15) is 0 Å². The molecule has 2 aliphatic rings. The zero-order valence-electron chi connectivity index (χ0n) is 17.9. The number of hydrogen-bond donors (Lipinski definition) is 2. The van der Waals surface area contributed by atoms with Gasteiger partial charge in [-0.1, -0.05) is 18.2 Å². The predicted molar refractivity (Wildman–Crippen MR) is 118 cm³/mol. The molecule has 0 bridgehead atoms. The SMILES string of the molecule is COc1cc(CCC(C)(C)N2Cc3cccc(N4CCNCC4)c3C2)ccc1O. The highest BCUT2D eigenvalue weighted by atomic mass is 16.5. The van der Waals surface area contributed by atoms with Crippen molar-refractivity contribution in [2.45, 2.75) is 45.3 Å². The van der Waals surface area contributed by atoms with Gasteiger partial charge < -0.3 is 20.1 Å². The van der Waals surface area contributed by atoms with E-state index in [4.69, 9.17) is 4.74 Å². The second-order valence-electron chi connectivity index (χ2n) is 8.83. The zero-order valence-corrected chi connectivity index (χ0v) is 17.9. The van der Waals surface area contributed by atoms with Crippen LogP contribution in [-0.2, 0) is 19.5 Å². The summed E-state index contributed by atoms with van der Waals surface area (Å²) in [6.45, 7) is 11.0. The van der Waals surface area contributed by atoms with Crippen molar-refractivity contribution in [3.05, 3.63) is 53.1 Å². The number of ether oxygens (including phenoxy) is 1. The van der Waals surface area contributed by atoms with E-state index in [2.05, 4.69) is 47.2 Å². The molecule has 0 radical (unpaired) electrons. The smallest absolute Gasteiger partial charge is 0.160 e. The number of nitrogens with zero attached hydrogens (tertiary/aromatic N) is 2. The molecule has 156 valence electrons. The highest BCUT2D eigenvalue weighted by Crippen LogP contribution is 2.37. The third-order valence-corrected chi connectivity index (χ3v) is 6.54. The molecule has 0 spiro atoms. The van der Waals surface area contributed by atoms with Crippen LogP contribution in [-0.4, -0.2) is 48.8 Å². The van der Waals surface area contributed by atoms with Crippen LogP contribution in [0.1, 0.15) is 37.0 Å². The first-order valence-electron chi connectivity index (χ1n) is 10.7. The van der Waals surface area contributed by atoms with Crippen molar-refractivity contribution in [2.24, 2.45) is 0 Å². The van der Waals surface area contributed by atoms with Crippen molar-refractivity contribution >= 4 is 5.69 Å². The molecule has 2 aromatic rings. The summed E-state index contributed by atoms with van der Waals surface area (Å²) in [6, 6.07) is 12.5. The van der Waals surface area contributed by atoms with Gasteiger partial charge in [0.05, 0.1) is 7.11 Å². The number of benzene rings is 2. The summed E-state index contributed by atoms with van der Waals surface area (Å²) in [4.78, 5) is 5.15. The van der Waals surface area contributed by atoms with E-state index in [9.17, 15) is 5.11 Å². The fourth-order valence-corrected chi connectivity index (χ4v) is 4.52. The maximum absolute atomic E-state index is 9.83. The van der Waals surface area contributed by atoms with E-state index in [0.717, 1.165) is 52.1 Å². The lowest BCUT2D eigenvalue weighted by Gasteiger charge is -2.36. The normalized spacial score (nSPS) is 17.4. The van der Waals surface area contributed by atoms with Crippen molar-refractivity contribution in [2.75, 3.05) is 38.2 Å². The molecule has 4 rings (SSSR count). The first-order valence-corrected chi connectivity index (χ1v) is 10.7. The first kappa shape index (κ1) is 20.0. The summed E-state index contributed by atoms with van der Waals surface area (Å²) in [5.74, 6) is 0.750. The van der Waals surface area contributed by atoms with Gasteiger partial charge in [0.1, 0.15) is 0 Å². The maximum Gasteiger partial charge on any atom is 0.160 e. The van der Waals surface area contributed by atoms with Crippen molar-refractivity contribution in [1.29, 1.82) is 0 Å². The number of rotatable bonds is 6. The lowest BCUT2D eigenvalue weighted by Crippen LogP contribution is -2.44. The quantitative estimate of drug-likeness (QED) is 0.784. The van der Waals surface area contributed by atoms with Gasteiger partial charge in [0, 0.05) is 50.5 Å². The number of nitrogens with one attached hydrogen (secondary N) is 1. The van der Waals surface area contributed by atoms with Gasteiger partial charge in [-0.15, -0.1) is 0 Å². The zero-order chi connectivity index (χ0) is 20.4. The molecule has 2 aliphatic heterocycles. The van der Waals surface area contributed by atoms with Crippen molar-refractivity contribution in [1.82, 2.24) is 10.2 Å². The molecule has 1 saturated heterocycles. The van der Waals surface area contributed by atoms with Crippen LogP contribution in [0, 0.1) is 0 Å². The highest BCUT2D eigenvalue weighted by Gasteiger charge is 2.33. The van der Waals surface area contributed by atoms with Gasteiger partial charge in [-0.05, 0) is 61.6 Å². The third kappa shape index (κ3) is 4.21. The first-order chi connectivity index (χ1) is 14.0. The Hall–Kier alpha value is -2.24. The summed E-state index contributed by atoms with van der Waals surface area (Å²) in [6.07, 6.45) is 2.01. The van der Waals surface area contributed by atoms with Crippen LogP contribution in [0.15, 0.2) is 36.4 Å². The maximum atomic E-state index is 9.83. The summed E-state index contributed by atoms with van der Waals surface area (Å²) < 4.78 is 5.26. The Kier molecular flexibility index (Phi) is 5.70. The van der Waals surface area contributed by atoms with Crippen LogP contribution in [0.3, 0.4) is 0 Å². The second-order valence-corrected chi connectivity index (χ2v) is 8.83. The van der Waals surface area contributed by atoms with E-state index in [0.29, 0.717) is 5.75 Å². The van der Waals surface area contributed by atoms with Crippen molar-refractivity contribution in [3.8, 4) is 11.5 Å². The number of anilines is 1. The van der Waals surface area contributed by atoms with Crippen LogP contribution in [0.25, 0.3) is 0 Å². The van der Waals surface area contributed by atoms with Gasteiger partial charge in [0.25, 0.3) is 0 Å². The van der Waals surface area contributed by atoms with Crippen LogP contribution in [0.2, 0.25) is 0 Å². The predicted octanol–water partition coefficient (Wildman–Crippen LogP) is 3.54. The van der Waals surface area contributed by atoms with Gasteiger partial charge >= 0.3 is 0 Å². The molecule has 0 saturated carbocycles. The number of aryl methyl sites for hydroxylation is 1. The van der Waals surface area contributed by atoms with E-state index in [1.807, 2.05) is 12.1 Å². The number of hydrogen-bond acceptors (Lipinski definition) is 5. The number of phenols is 1. The van der Waals surface area contributed by atoms with Crippen LogP contribution < -0.4 is 15.0 Å². The van der Waals surface area contributed by atoms with E-state index in [1.165, 1.54) is 22.4 Å². The number of piperazine rings is 1. The van der Waals surface area contributed by atoms with Crippen LogP contribution >= 0.6 is 0 Å². The number of methoxy groups -OCH3 is 1. The van der Waals surface area contributed by atoms with Gasteiger partial charge in [0.15, 0.2) is 11.5 Å². The van der Waals surface area contributed by atoms with E-state index < -0.39 is 0 Å². The average molecular weight is 396 g/mol. The second kappa shape index (κ2) is 8.25. The van der Waals surface area contributed by atoms with E-state index in [1.54, 1.807) is 13.2 Å². The minimum atomic E-state index is 0.0882. The standard InChI is InChI=1S/C24H33N3O2/c1-24(2,10-9-18-7-8-22(28)23(15-18)29-3)27-16-19-5-4-6-21(20(19)17-27)26-13-11-25-12-14-26/h4-8,15,25,28H,9-14,16-17H2,1-3H3. The lowest BCUT2D eigenvalue weighted by atomic mass is 9.93. The summed E-state index contributed by atoms with van der Waals surface area (Å²) in [5.41, 5.74) is 5.69. The Morgan fingerprint density at radius 1 is 1.10 bits per heavy atom. The molecule has 0 aromatic heterocycles. The van der Waals surface area contributed by atoms with Gasteiger partial charge in [-0.25, -0.2) is 0 Å². The number of fused-ring (bicyclic) bond motifs is 1.